The fraction of sp³-hybridized carbons (Fsp3) is 0.700. The molecule has 1 aliphatic rings. The van der Waals surface area contributed by atoms with E-state index in [4.69, 9.17) is 4.52 Å². The minimum absolute atomic E-state index is 0.679. The fourth-order valence-corrected chi connectivity index (χ4v) is 2.20. The maximum absolute atomic E-state index is 5.28. The Morgan fingerprint density at radius 1 is 1.57 bits per heavy atom. The van der Waals surface area contributed by atoms with Gasteiger partial charge in [0, 0.05) is 30.8 Å². The average Bonchev–Trinajstić information content (AvgIpc) is 2.60. The summed E-state index contributed by atoms with van der Waals surface area (Å²) in [7, 11) is 0. The van der Waals surface area contributed by atoms with Gasteiger partial charge < -0.3 is 4.52 Å². The zero-order valence-corrected chi connectivity index (χ0v) is 9.39. The van der Waals surface area contributed by atoms with E-state index in [2.05, 4.69) is 29.6 Å². The lowest BCUT2D eigenvalue weighted by atomic mass is 10.1. The molecular formula is C10H16N2OS. The normalized spacial score (nSPS) is 17.0. The van der Waals surface area contributed by atoms with Crippen LogP contribution in [0.4, 0.5) is 0 Å². The molecule has 4 heteroatoms. The van der Waals surface area contributed by atoms with Gasteiger partial charge in [-0.25, -0.2) is 0 Å². The van der Waals surface area contributed by atoms with Crippen molar-refractivity contribution < 1.29 is 4.52 Å². The van der Waals surface area contributed by atoms with E-state index in [0.717, 1.165) is 37.5 Å². The minimum Gasteiger partial charge on any atom is -0.361 e. The van der Waals surface area contributed by atoms with Crippen molar-refractivity contribution in [2.75, 3.05) is 13.1 Å². The largest absolute Gasteiger partial charge is 0.361 e. The van der Waals surface area contributed by atoms with E-state index in [1.54, 1.807) is 0 Å². The van der Waals surface area contributed by atoms with Crippen LogP contribution >= 0.6 is 12.6 Å². The SMILES string of the molecule is CCCN1CCc2onc(CS)c2C1. The van der Waals surface area contributed by atoms with Gasteiger partial charge in [-0.1, -0.05) is 12.1 Å². The van der Waals surface area contributed by atoms with Gasteiger partial charge in [0.15, 0.2) is 0 Å². The highest BCUT2D eigenvalue weighted by Crippen LogP contribution is 2.23. The molecule has 0 saturated heterocycles. The standard InChI is InChI=1S/C10H16N2OS/c1-2-4-12-5-3-10-8(6-12)9(7-14)11-13-10/h14H,2-7H2,1H3. The third kappa shape index (κ3) is 1.81. The summed E-state index contributed by atoms with van der Waals surface area (Å²) < 4.78 is 5.28. The molecule has 0 atom stereocenters. The van der Waals surface area contributed by atoms with Crippen LogP contribution in [0.3, 0.4) is 0 Å². The van der Waals surface area contributed by atoms with E-state index < -0.39 is 0 Å². The lowest BCUT2D eigenvalue weighted by Gasteiger charge is -2.25. The van der Waals surface area contributed by atoms with Crippen LogP contribution < -0.4 is 0 Å². The van der Waals surface area contributed by atoms with Crippen molar-refractivity contribution in [3.8, 4) is 0 Å². The summed E-state index contributed by atoms with van der Waals surface area (Å²) in [5.41, 5.74) is 2.30. The van der Waals surface area contributed by atoms with Crippen LogP contribution in [0, 0.1) is 0 Å². The van der Waals surface area contributed by atoms with Gasteiger partial charge in [-0.15, -0.1) is 0 Å². The Bertz CT molecular complexity index is 298. The molecule has 0 aromatic carbocycles. The van der Waals surface area contributed by atoms with Crippen LogP contribution in [-0.2, 0) is 18.7 Å². The lowest BCUT2D eigenvalue weighted by Crippen LogP contribution is -2.30. The Morgan fingerprint density at radius 2 is 2.43 bits per heavy atom. The Labute approximate surface area is 89.9 Å². The van der Waals surface area contributed by atoms with Gasteiger partial charge in [-0.05, 0) is 13.0 Å². The van der Waals surface area contributed by atoms with Crippen molar-refractivity contribution >= 4 is 12.6 Å². The van der Waals surface area contributed by atoms with Gasteiger partial charge in [0.1, 0.15) is 5.76 Å². The molecule has 0 spiro atoms. The predicted octanol–water partition coefficient (Wildman–Crippen LogP) is 1.87. The highest BCUT2D eigenvalue weighted by Gasteiger charge is 2.22. The van der Waals surface area contributed by atoms with E-state index in [1.807, 2.05) is 0 Å². The van der Waals surface area contributed by atoms with Gasteiger partial charge in [-0.2, -0.15) is 12.6 Å². The smallest absolute Gasteiger partial charge is 0.142 e. The quantitative estimate of drug-likeness (QED) is 0.776. The van der Waals surface area contributed by atoms with E-state index in [9.17, 15) is 0 Å². The van der Waals surface area contributed by atoms with Crippen LogP contribution in [0.5, 0.6) is 0 Å². The summed E-state index contributed by atoms with van der Waals surface area (Å²) in [6.45, 7) is 5.46. The summed E-state index contributed by atoms with van der Waals surface area (Å²) in [6, 6.07) is 0. The number of hydrogen-bond acceptors (Lipinski definition) is 4. The fourth-order valence-electron chi connectivity index (χ4n) is 1.95. The Hall–Kier alpha value is -0.480. The third-order valence-electron chi connectivity index (χ3n) is 2.68. The van der Waals surface area contributed by atoms with Crippen LogP contribution in [0.2, 0.25) is 0 Å². The molecule has 0 radical (unpaired) electrons. The molecule has 1 aromatic heterocycles. The molecule has 3 nitrogen and oxygen atoms in total. The topological polar surface area (TPSA) is 29.3 Å². The molecule has 0 aliphatic carbocycles. The first-order valence-corrected chi connectivity index (χ1v) is 5.78. The molecule has 0 amide bonds. The van der Waals surface area contributed by atoms with E-state index in [1.165, 1.54) is 12.0 Å². The molecule has 0 unspecified atom stereocenters. The number of fused-ring (bicyclic) bond motifs is 1. The van der Waals surface area contributed by atoms with Gasteiger partial charge in [-0.3, -0.25) is 4.90 Å². The second-order valence-corrected chi connectivity index (χ2v) is 4.03. The van der Waals surface area contributed by atoms with E-state index in [0.29, 0.717) is 5.75 Å². The summed E-state index contributed by atoms with van der Waals surface area (Å²) in [5.74, 6) is 1.75. The molecule has 0 fully saturated rings. The van der Waals surface area contributed by atoms with Crippen LogP contribution in [0.15, 0.2) is 4.52 Å². The summed E-state index contributed by atoms with van der Waals surface area (Å²) in [6.07, 6.45) is 2.20. The van der Waals surface area contributed by atoms with Crippen LogP contribution in [0.25, 0.3) is 0 Å². The average molecular weight is 212 g/mol. The van der Waals surface area contributed by atoms with Gasteiger partial charge in [0.25, 0.3) is 0 Å². The predicted molar refractivity (Wildman–Crippen MR) is 58.5 cm³/mol. The van der Waals surface area contributed by atoms with Gasteiger partial charge in [0.05, 0.1) is 5.69 Å². The number of nitrogens with zero attached hydrogens (tertiary/aromatic N) is 2. The second kappa shape index (κ2) is 4.36. The van der Waals surface area contributed by atoms with Gasteiger partial charge >= 0.3 is 0 Å². The highest BCUT2D eigenvalue weighted by atomic mass is 32.1. The highest BCUT2D eigenvalue weighted by molar-refractivity contribution is 7.79. The second-order valence-electron chi connectivity index (χ2n) is 3.72. The molecule has 2 rings (SSSR count). The maximum Gasteiger partial charge on any atom is 0.142 e. The lowest BCUT2D eigenvalue weighted by molar-refractivity contribution is 0.237. The summed E-state index contributed by atoms with van der Waals surface area (Å²) >= 11 is 4.25. The van der Waals surface area contributed by atoms with Crippen molar-refractivity contribution in [3.05, 3.63) is 17.0 Å². The first-order chi connectivity index (χ1) is 6.85. The van der Waals surface area contributed by atoms with Crippen LogP contribution in [-0.4, -0.2) is 23.1 Å². The minimum atomic E-state index is 0.679. The molecule has 1 aliphatic heterocycles. The number of aromatic nitrogens is 1. The van der Waals surface area contributed by atoms with Crippen LogP contribution in [0.1, 0.15) is 30.4 Å². The molecule has 0 bridgehead atoms. The van der Waals surface area contributed by atoms with Crippen molar-refractivity contribution in [3.63, 3.8) is 0 Å². The molecule has 0 N–H and O–H groups in total. The maximum atomic E-state index is 5.28. The molecule has 2 heterocycles. The Balaban J connectivity index is 2.14. The number of thiol groups is 1. The van der Waals surface area contributed by atoms with Crippen molar-refractivity contribution in [1.29, 1.82) is 0 Å². The monoisotopic (exact) mass is 212 g/mol. The summed E-state index contributed by atoms with van der Waals surface area (Å²) in [4.78, 5) is 2.45. The molecule has 78 valence electrons. The first-order valence-electron chi connectivity index (χ1n) is 5.14. The summed E-state index contributed by atoms with van der Waals surface area (Å²) in [5, 5.41) is 4.03. The Kier molecular flexibility index (Phi) is 3.13. The van der Waals surface area contributed by atoms with Crippen molar-refractivity contribution in [1.82, 2.24) is 10.1 Å². The molecule has 0 saturated carbocycles. The number of hydrogen-bond donors (Lipinski definition) is 1. The van der Waals surface area contributed by atoms with Crippen molar-refractivity contribution in [2.24, 2.45) is 0 Å². The third-order valence-corrected chi connectivity index (χ3v) is 2.98. The Morgan fingerprint density at radius 3 is 3.14 bits per heavy atom. The zero-order chi connectivity index (χ0) is 9.97. The molecular weight excluding hydrogens is 196 g/mol. The first kappa shape index (κ1) is 10.1. The van der Waals surface area contributed by atoms with Gasteiger partial charge in [0.2, 0.25) is 0 Å². The number of rotatable bonds is 3. The van der Waals surface area contributed by atoms with E-state index >= 15 is 0 Å². The zero-order valence-electron chi connectivity index (χ0n) is 8.49. The van der Waals surface area contributed by atoms with Crippen molar-refractivity contribution in [2.45, 2.75) is 32.1 Å². The van der Waals surface area contributed by atoms with E-state index in [-0.39, 0.29) is 0 Å². The molecule has 14 heavy (non-hydrogen) atoms. The molecule has 1 aromatic rings.